The van der Waals surface area contributed by atoms with E-state index < -0.39 is 11.3 Å². The minimum Gasteiger partial charge on any atom is -0.755 e. The van der Waals surface area contributed by atoms with Crippen molar-refractivity contribution in [3.8, 4) is 34.8 Å². The fourth-order valence-electron chi connectivity index (χ4n) is 3.51. The van der Waals surface area contributed by atoms with Gasteiger partial charge in [0, 0.05) is 29.8 Å². The van der Waals surface area contributed by atoms with Crippen LogP contribution in [0.2, 0.25) is 0 Å². The summed E-state index contributed by atoms with van der Waals surface area (Å²) in [4.78, 5) is 12.8. The molecular formula is C19H23N8O5S-. The minimum absolute atomic E-state index is 0.111. The molecule has 2 atom stereocenters. The number of pyridine rings is 1. The monoisotopic (exact) mass is 475 g/mol. The highest BCUT2D eigenvalue weighted by Gasteiger charge is 2.26. The molecular weight excluding hydrogens is 452 g/mol. The largest absolute Gasteiger partial charge is 0.755 e. The second-order valence-corrected chi connectivity index (χ2v) is 7.82. The highest BCUT2D eigenvalue weighted by atomic mass is 32.2. The van der Waals surface area contributed by atoms with E-state index in [-0.39, 0.29) is 29.2 Å². The molecule has 3 aromatic rings. The first-order chi connectivity index (χ1) is 16.1. The highest BCUT2D eigenvalue weighted by Crippen LogP contribution is 2.35. The summed E-state index contributed by atoms with van der Waals surface area (Å²) in [5.41, 5.74) is 0.612. The van der Waals surface area contributed by atoms with Crippen molar-refractivity contribution in [2.75, 3.05) is 38.6 Å². The Morgan fingerprint density at radius 2 is 2.09 bits per heavy atom. The molecule has 1 saturated heterocycles. The number of nitrogens with one attached hydrogen (secondary N) is 2. The van der Waals surface area contributed by atoms with Crippen LogP contribution in [0.4, 0.5) is 5.95 Å². The van der Waals surface area contributed by atoms with E-state index in [1.54, 1.807) is 18.2 Å². The minimum atomic E-state index is -2.67. The Balaban J connectivity index is 1.82. The molecule has 0 radical (unpaired) electrons. The van der Waals surface area contributed by atoms with Crippen molar-refractivity contribution in [1.29, 1.82) is 0 Å². The van der Waals surface area contributed by atoms with E-state index >= 15 is 0 Å². The summed E-state index contributed by atoms with van der Waals surface area (Å²) >= 11 is -2.67. The van der Waals surface area contributed by atoms with Gasteiger partial charge in [-0.2, -0.15) is 9.97 Å². The smallest absolute Gasteiger partial charge is 0.245 e. The van der Waals surface area contributed by atoms with Crippen LogP contribution in [0, 0.1) is 5.92 Å². The third kappa shape index (κ3) is 5.18. The first-order valence-corrected chi connectivity index (χ1v) is 11.2. The number of hydrogen-bond acceptors (Lipinski definition) is 11. The molecule has 176 valence electrons. The van der Waals surface area contributed by atoms with Crippen LogP contribution < -0.4 is 24.2 Å². The molecule has 4 heterocycles. The van der Waals surface area contributed by atoms with E-state index in [1.165, 1.54) is 25.1 Å². The Morgan fingerprint density at radius 1 is 1.24 bits per heavy atom. The molecule has 1 aliphatic rings. The van der Waals surface area contributed by atoms with Gasteiger partial charge in [-0.1, -0.05) is 6.07 Å². The van der Waals surface area contributed by atoms with E-state index in [0.29, 0.717) is 24.1 Å². The standard InChI is InChI=1S/C19H24N8O5S/c1-30-14-7-3-6-13(23-14)16-24-25-19(26-33(28)29)27(16)15-17(31-2)21-11-22-18(15)32-10-12-5-4-8-20-9-12/h3,6-7,11-12,20H,4-5,8-10H2,1-2H3,(H,25,26)(H,28,29)/p-1. The maximum absolute atomic E-state index is 11.4. The molecule has 0 aliphatic carbocycles. The van der Waals surface area contributed by atoms with E-state index in [2.05, 4.69) is 35.2 Å². The Hall–Kier alpha value is -3.36. The van der Waals surface area contributed by atoms with Crippen LogP contribution in [0.1, 0.15) is 12.8 Å². The zero-order chi connectivity index (χ0) is 23.2. The van der Waals surface area contributed by atoms with Gasteiger partial charge in [-0.3, -0.25) is 8.93 Å². The summed E-state index contributed by atoms with van der Waals surface area (Å²) in [6.45, 7) is 2.23. The summed E-state index contributed by atoms with van der Waals surface area (Å²) < 4.78 is 43.2. The molecule has 33 heavy (non-hydrogen) atoms. The summed E-state index contributed by atoms with van der Waals surface area (Å²) in [7, 11) is 2.93. The Bertz CT molecular complexity index is 1120. The number of hydrogen-bond donors (Lipinski definition) is 2. The van der Waals surface area contributed by atoms with Crippen molar-refractivity contribution in [3.63, 3.8) is 0 Å². The van der Waals surface area contributed by atoms with Crippen molar-refractivity contribution in [3.05, 3.63) is 24.5 Å². The predicted molar refractivity (Wildman–Crippen MR) is 117 cm³/mol. The zero-order valence-electron chi connectivity index (χ0n) is 18.1. The van der Waals surface area contributed by atoms with Gasteiger partial charge in [0.1, 0.15) is 12.0 Å². The van der Waals surface area contributed by atoms with Gasteiger partial charge in [0.2, 0.25) is 23.6 Å². The lowest BCUT2D eigenvalue weighted by Gasteiger charge is -2.23. The van der Waals surface area contributed by atoms with Crippen molar-refractivity contribution in [1.82, 2.24) is 35.0 Å². The fourth-order valence-corrected chi connectivity index (χ4v) is 3.79. The van der Waals surface area contributed by atoms with Crippen LogP contribution >= 0.6 is 0 Å². The number of nitrogens with zero attached hydrogens (tertiary/aromatic N) is 6. The van der Waals surface area contributed by atoms with Crippen molar-refractivity contribution in [2.45, 2.75) is 12.8 Å². The molecule has 13 nitrogen and oxygen atoms in total. The molecule has 4 rings (SSSR count). The topological polar surface area (TPSA) is 161 Å². The third-order valence-corrected chi connectivity index (χ3v) is 5.38. The average Bonchev–Trinajstić information content (AvgIpc) is 3.25. The number of piperidine rings is 1. The van der Waals surface area contributed by atoms with Crippen LogP contribution in [0.25, 0.3) is 17.2 Å². The van der Waals surface area contributed by atoms with E-state index in [4.69, 9.17) is 14.2 Å². The Morgan fingerprint density at radius 3 is 2.82 bits per heavy atom. The molecule has 3 aromatic heterocycles. The number of methoxy groups -OCH3 is 2. The third-order valence-electron chi connectivity index (χ3n) is 5.03. The number of rotatable bonds is 9. The number of aromatic nitrogens is 6. The average molecular weight is 476 g/mol. The molecule has 0 spiro atoms. The molecule has 0 bridgehead atoms. The quantitative estimate of drug-likeness (QED) is 0.419. The summed E-state index contributed by atoms with van der Waals surface area (Å²) in [6, 6.07) is 5.09. The summed E-state index contributed by atoms with van der Waals surface area (Å²) in [5, 5.41) is 11.5. The number of ether oxygens (including phenoxy) is 3. The first kappa shape index (κ1) is 22.8. The lowest BCUT2D eigenvalue weighted by molar-refractivity contribution is 0.210. The van der Waals surface area contributed by atoms with Crippen molar-refractivity contribution < 1.29 is 23.0 Å². The first-order valence-electron chi connectivity index (χ1n) is 10.2. The second kappa shape index (κ2) is 10.5. The fraction of sp³-hybridized carbons (Fsp3) is 0.421. The van der Waals surface area contributed by atoms with Crippen molar-refractivity contribution in [2.24, 2.45) is 5.92 Å². The van der Waals surface area contributed by atoms with Gasteiger partial charge in [-0.25, -0.2) is 9.55 Å². The molecule has 14 heteroatoms. The molecule has 1 aliphatic heterocycles. The SMILES string of the molecule is COc1cccc(-c2nnc(NS(=O)[O-])n2-c2c(OC)ncnc2OCC2CCCNC2)n1. The second-order valence-electron chi connectivity index (χ2n) is 7.14. The highest BCUT2D eigenvalue weighted by molar-refractivity contribution is 7.80. The van der Waals surface area contributed by atoms with Gasteiger partial charge >= 0.3 is 0 Å². The van der Waals surface area contributed by atoms with Crippen LogP contribution in [-0.2, 0) is 11.3 Å². The van der Waals surface area contributed by atoms with E-state index in [1.807, 2.05) is 0 Å². The Labute approximate surface area is 192 Å². The van der Waals surface area contributed by atoms with Gasteiger partial charge in [-0.05, 0) is 25.5 Å². The van der Waals surface area contributed by atoms with Crippen LogP contribution in [-0.4, -0.2) is 72.4 Å². The molecule has 0 saturated carbocycles. The van der Waals surface area contributed by atoms with Crippen LogP contribution in [0.3, 0.4) is 0 Å². The van der Waals surface area contributed by atoms with Crippen molar-refractivity contribution >= 4 is 17.2 Å². The van der Waals surface area contributed by atoms with Gasteiger partial charge in [0.05, 0.1) is 20.8 Å². The number of anilines is 1. The van der Waals surface area contributed by atoms with E-state index in [9.17, 15) is 8.76 Å². The molecule has 0 aromatic carbocycles. The predicted octanol–water partition coefficient (Wildman–Crippen LogP) is 0.721. The lowest BCUT2D eigenvalue weighted by Crippen LogP contribution is -2.33. The summed E-state index contributed by atoms with van der Waals surface area (Å²) in [6.07, 6.45) is 3.40. The maximum atomic E-state index is 11.4. The van der Waals surface area contributed by atoms with Gasteiger partial charge in [-0.15, -0.1) is 10.2 Å². The molecule has 1 fully saturated rings. The Kier molecular flexibility index (Phi) is 7.26. The maximum Gasteiger partial charge on any atom is 0.245 e. The normalized spacial score (nSPS) is 16.8. The summed E-state index contributed by atoms with van der Waals surface area (Å²) in [5.74, 6) is 1.09. The van der Waals surface area contributed by atoms with Crippen LogP contribution in [0.5, 0.6) is 17.6 Å². The van der Waals surface area contributed by atoms with E-state index in [0.717, 1.165) is 25.9 Å². The molecule has 0 amide bonds. The zero-order valence-corrected chi connectivity index (χ0v) is 18.9. The van der Waals surface area contributed by atoms with Crippen LogP contribution in [0.15, 0.2) is 24.5 Å². The molecule has 2 unspecified atom stereocenters. The lowest BCUT2D eigenvalue weighted by atomic mass is 10.0. The van der Waals surface area contributed by atoms with Gasteiger partial charge in [0.25, 0.3) is 0 Å². The van der Waals surface area contributed by atoms with Gasteiger partial charge in [0.15, 0.2) is 11.5 Å². The van der Waals surface area contributed by atoms with Gasteiger partial charge < -0.3 is 24.1 Å². The molecule has 2 N–H and O–H groups in total.